The van der Waals surface area contributed by atoms with Crippen LogP contribution in [0.5, 0.6) is 0 Å². The average Bonchev–Trinajstić information content (AvgIpc) is 1.88. The smallest absolute Gasteiger partial charge is 0.264 e. The number of nitrogens with zero attached hydrogens (tertiary/aromatic N) is 2. The predicted molar refractivity (Wildman–Crippen MR) is 41.0 cm³/mol. The highest BCUT2D eigenvalue weighted by molar-refractivity contribution is 7.82. The minimum Gasteiger partial charge on any atom is -0.264 e. The van der Waals surface area contributed by atoms with E-state index < -0.39 is 11.0 Å². The third-order valence-electron chi connectivity index (χ3n) is 1.07. The van der Waals surface area contributed by atoms with E-state index in [9.17, 15) is 10.1 Å². The molecule has 0 saturated heterocycles. The van der Waals surface area contributed by atoms with E-state index in [1.54, 1.807) is 0 Å². The average molecular weight is 156 g/mol. The molecule has 1 aliphatic rings. The standard InChI is InChI=1S/C5H4N2O2S/c8-7(9)4-1-2-6-3-5(4)10/h1-4H. The van der Waals surface area contributed by atoms with Crippen LogP contribution in [0.4, 0.5) is 0 Å². The molecule has 0 saturated carbocycles. The molecule has 0 N–H and O–H groups in total. The van der Waals surface area contributed by atoms with Gasteiger partial charge < -0.3 is 0 Å². The Kier molecular flexibility index (Phi) is 1.86. The van der Waals surface area contributed by atoms with Crippen molar-refractivity contribution in [2.75, 3.05) is 0 Å². The fourth-order valence-corrected chi connectivity index (χ4v) is 0.819. The van der Waals surface area contributed by atoms with E-state index in [1.165, 1.54) is 18.5 Å². The number of hydrogen-bond donors (Lipinski definition) is 0. The molecule has 0 fully saturated rings. The predicted octanol–water partition coefficient (Wildman–Crippen LogP) is 0.600. The molecule has 0 aromatic rings. The van der Waals surface area contributed by atoms with Gasteiger partial charge in [-0.3, -0.25) is 15.1 Å². The Labute approximate surface area is 62.4 Å². The lowest BCUT2D eigenvalue weighted by atomic mass is 10.2. The Bertz CT molecular complexity index is 234. The molecule has 1 aliphatic heterocycles. The van der Waals surface area contributed by atoms with Crippen molar-refractivity contribution in [1.29, 1.82) is 0 Å². The van der Waals surface area contributed by atoms with Gasteiger partial charge in [0.25, 0.3) is 6.04 Å². The van der Waals surface area contributed by atoms with Crippen LogP contribution in [0, 0.1) is 10.1 Å². The summed E-state index contributed by atoms with van der Waals surface area (Å²) in [5.41, 5.74) is 0. The molecule has 0 aromatic heterocycles. The first-order valence-corrected chi connectivity index (χ1v) is 3.00. The molecular weight excluding hydrogens is 152 g/mol. The SMILES string of the molecule is O=[N+]([O-])C1C=CN=CC1=S. The highest BCUT2D eigenvalue weighted by Crippen LogP contribution is 2.00. The molecule has 0 aromatic carbocycles. The number of nitro groups is 1. The monoisotopic (exact) mass is 156 g/mol. The molecule has 1 unspecified atom stereocenters. The summed E-state index contributed by atoms with van der Waals surface area (Å²) in [7, 11) is 0. The van der Waals surface area contributed by atoms with Crippen molar-refractivity contribution in [3.8, 4) is 0 Å². The molecule has 4 nitrogen and oxygen atoms in total. The summed E-state index contributed by atoms with van der Waals surface area (Å²) >= 11 is 4.66. The fourth-order valence-electron chi connectivity index (χ4n) is 0.593. The van der Waals surface area contributed by atoms with Crippen molar-refractivity contribution in [1.82, 2.24) is 0 Å². The lowest BCUT2D eigenvalue weighted by Gasteiger charge is -2.03. The van der Waals surface area contributed by atoms with E-state index in [-0.39, 0.29) is 4.86 Å². The number of rotatable bonds is 1. The van der Waals surface area contributed by atoms with Crippen LogP contribution in [-0.2, 0) is 0 Å². The van der Waals surface area contributed by atoms with Gasteiger partial charge in [-0.15, -0.1) is 0 Å². The summed E-state index contributed by atoms with van der Waals surface area (Å²) in [6.45, 7) is 0. The first-order chi connectivity index (χ1) is 4.72. The summed E-state index contributed by atoms with van der Waals surface area (Å²) < 4.78 is 0. The van der Waals surface area contributed by atoms with Crippen LogP contribution in [0.15, 0.2) is 17.3 Å². The maximum Gasteiger partial charge on any atom is 0.269 e. The van der Waals surface area contributed by atoms with Crippen molar-refractivity contribution < 1.29 is 4.92 Å². The lowest BCUT2D eigenvalue weighted by Crippen LogP contribution is -2.28. The molecule has 0 aliphatic carbocycles. The molecule has 1 heterocycles. The van der Waals surface area contributed by atoms with E-state index in [0.717, 1.165) is 0 Å². The van der Waals surface area contributed by atoms with Crippen LogP contribution in [0.2, 0.25) is 0 Å². The fraction of sp³-hybridized carbons (Fsp3) is 0.200. The molecule has 0 bridgehead atoms. The topological polar surface area (TPSA) is 55.5 Å². The van der Waals surface area contributed by atoms with Gasteiger partial charge in [0.15, 0.2) is 0 Å². The molecular formula is C5H4N2O2S. The van der Waals surface area contributed by atoms with Gasteiger partial charge >= 0.3 is 0 Å². The van der Waals surface area contributed by atoms with Crippen LogP contribution in [-0.4, -0.2) is 22.0 Å². The first kappa shape index (κ1) is 7.01. The maximum absolute atomic E-state index is 10.2. The minimum absolute atomic E-state index is 0.257. The van der Waals surface area contributed by atoms with Crippen LogP contribution in [0.1, 0.15) is 0 Å². The first-order valence-electron chi connectivity index (χ1n) is 2.59. The van der Waals surface area contributed by atoms with Crippen LogP contribution in [0.3, 0.4) is 0 Å². The van der Waals surface area contributed by atoms with Gasteiger partial charge in [-0.1, -0.05) is 12.2 Å². The van der Waals surface area contributed by atoms with Gasteiger partial charge in [-0.05, 0) is 0 Å². The summed E-state index contributed by atoms with van der Waals surface area (Å²) in [6, 6.07) is -0.854. The quantitative estimate of drug-likeness (QED) is 0.317. The summed E-state index contributed by atoms with van der Waals surface area (Å²) in [5.74, 6) is 0. The third kappa shape index (κ3) is 1.24. The van der Waals surface area contributed by atoms with Crippen molar-refractivity contribution in [3.05, 3.63) is 22.4 Å². The summed E-state index contributed by atoms with van der Waals surface area (Å²) in [6.07, 6.45) is 4.06. The molecule has 5 heteroatoms. The van der Waals surface area contributed by atoms with E-state index >= 15 is 0 Å². The number of thiocarbonyl (C=S) groups is 1. The zero-order chi connectivity index (χ0) is 7.56. The Hall–Kier alpha value is -1.10. The second-order valence-corrected chi connectivity index (χ2v) is 2.22. The molecule has 0 amide bonds. The van der Waals surface area contributed by atoms with Gasteiger partial charge in [0.2, 0.25) is 0 Å². The number of aliphatic imine (C=N–C) groups is 1. The van der Waals surface area contributed by atoms with Crippen molar-refractivity contribution in [2.45, 2.75) is 6.04 Å². The van der Waals surface area contributed by atoms with E-state index in [4.69, 9.17) is 0 Å². The molecule has 0 spiro atoms. The lowest BCUT2D eigenvalue weighted by molar-refractivity contribution is -0.489. The second-order valence-electron chi connectivity index (χ2n) is 1.75. The van der Waals surface area contributed by atoms with Crippen LogP contribution in [0.25, 0.3) is 0 Å². The Morgan fingerprint density at radius 1 is 1.80 bits per heavy atom. The maximum atomic E-state index is 10.2. The summed E-state index contributed by atoms with van der Waals surface area (Å²) in [4.78, 5) is 13.6. The van der Waals surface area contributed by atoms with E-state index in [0.29, 0.717) is 0 Å². The summed E-state index contributed by atoms with van der Waals surface area (Å²) in [5, 5.41) is 10.2. The van der Waals surface area contributed by atoms with E-state index in [1.807, 2.05) is 0 Å². The van der Waals surface area contributed by atoms with Crippen LogP contribution < -0.4 is 0 Å². The molecule has 0 radical (unpaired) electrons. The Morgan fingerprint density at radius 2 is 2.50 bits per heavy atom. The highest BCUT2D eigenvalue weighted by Gasteiger charge is 2.22. The van der Waals surface area contributed by atoms with Gasteiger partial charge in [0, 0.05) is 23.4 Å². The third-order valence-corrected chi connectivity index (χ3v) is 1.42. The normalized spacial score (nSPS) is 23.2. The molecule has 1 rings (SSSR count). The van der Waals surface area contributed by atoms with Crippen molar-refractivity contribution in [3.63, 3.8) is 0 Å². The Balaban J connectivity index is 2.80. The molecule has 52 valence electrons. The zero-order valence-corrected chi connectivity index (χ0v) is 5.75. The largest absolute Gasteiger partial charge is 0.269 e. The zero-order valence-electron chi connectivity index (χ0n) is 4.93. The number of hydrogen-bond acceptors (Lipinski definition) is 4. The molecule has 10 heavy (non-hydrogen) atoms. The minimum atomic E-state index is -0.854. The second kappa shape index (κ2) is 2.66. The van der Waals surface area contributed by atoms with Gasteiger partial charge in [0.1, 0.15) is 4.86 Å². The van der Waals surface area contributed by atoms with Gasteiger partial charge in [-0.2, -0.15) is 0 Å². The van der Waals surface area contributed by atoms with Crippen molar-refractivity contribution >= 4 is 23.3 Å². The highest BCUT2D eigenvalue weighted by atomic mass is 32.1. The van der Waals surface area contributed by atoms with Gasteiger partial charge in [-0.25, -0.2) is 0 Å². The van der Waals surface area contributed by atoms with Gasteiger partial charge in [0.05, 0.1) is 0 Å². The van der Waals surface area contributed by atoms with E-state index in [2.05, 4.69) is 17.2 Å². The Morgan fingerprint density at radius 3 is 2.90 bits per heavy atom. The van der Waals surface area contributed by atoms with Crippen LogP contribution >= 0.6 is 12.2 Å². The molecule has 1 atom stereocenters. The van der Waals surface area contributed by atoms with Crippen molar-refractivity contribution in [2.24, 2.45) is 4.99 Å².